The van der Waals surface area contributed by atoms with Crippen LogP contribution in [0.3, 0.4) is 0 Å². The highest BCUT2D eigenvalue weighted by Gasteiger charge is 2.03. The van der Waals surface area contributed by atoms with Crippen LogP contribution in [0.5, 0.6) is 0 Å². The fraction of sp³-hybridized carbons (Fsp3) is 0.455. The third-order valence-corrected chi connectivity index (χ3v) is 2.11. The van der Waals surface area contributed by atoms with E-state index in [9.17, 15) is 0 Å². The SMILES string of the molecule is CC(C)c1cc(CO)cc(CO)c1. The van der Waals surface area contributed by atoms with Crippen LogP contribution in [0, 0.1) is 0 Å². The van der Waals surface area contributed by atoms with Gasteiger partial charge in [0.2, 0.25) is 0 Å². The van der Waals surface area contributed by atoms with E-state index < -0.39 is 0 Å². The molecule has 0 amide bonds. The molecule has 0 aromatic heterocycles. The molecule has 1 aromatic carbocycles. The van der Waals surface area contributed by atoms with Gasteiger partial charge in [0, 0.05) is 0 Å². The molecule has 0 saturated heterocycles. The Hall–Kier alpha value is -0.860. The topological polar surface area (TPSA) is 40.5 Å². The van der Waals surface area contributed by atoms with Crippen molar-refractivity contribution in [1.29, 1.82) is 0 Å². The molecule has 0 aliphatic heterocycles. The number of aliphatic hydroxyl groups is 2. The normalized spacial score (nSPS) is 10.8. The van der Waals surface area contributed by atoms with Gasteiger partial charge in [-0.1, -0.05) is 32.0 Å². The van der Waals surface area contributed by atoms with Gasteiger partial charge >= 0.3 is 0 Å². The van der Waals surface area contributed by atoms with E-state index in [0.717, 1.165) is 16.7 Å². The third-order valence-electron chi connectivity index (χ3n) is 2.11. The Labute approximate surface area is 78.8 Å². The smallest absolute Gasteiger partial charge is 0.0682 e. The van der Waals surface area contributed by atoms with E-state index in [1.54, 1.807) is 0 Å². The van der Waals surface area contributed by atoms with E-state index >= 15 is 0 Å². The first-order valence-corrected chi connectivity index (χ1v) is 4.51. The Kier molecular flexibility index (Phi) is 3.46. The number of benzene rings is 1. The van der Waals surface area contributed by atoms with Gasteiger partial charge in [0.25, 0.3) is 0 Å². The van der Waals surface area contributed by atoms with Crippen molar-refractivity contribution in [3.05, 3.63) is 34.9 Å². The summed E-state index contributed by atoms with van der Waals surface area (Å²) in [4.78, 5) is 0. The van der Waals surface area contributed by atoms with Crippen molar-refractivity contribution in [2.75, 3.05) is 0 Å². The van der Waals surface area contributed by atoms with Gasteiger partial charge in [0.05, 0.1) is 13.2 Å². The Balaban J connectivity index is 3.07. The molecule has 2 N–H and O–H groups in total. The van der Waals surface area contributed by atoms with Crippen molar-refractivity contribution in [3.8, 4) is 0 Å². The van der Waals surface area contributed by atoms with Gasteiger partial charge in [-0.15, -0.1) is 0 Å². The average Bonchev–Trinajstić information content (AvgIpc) is 2.16. The zero-order valence-electron chi connectivity index (χ0n) is 8.12. The van der Waals surface area contributed by atoms with Gasteiger partial charge < -0.3 is 10.2 Å². The first-order chi connectivity index (χ1) is 6.17. The summed E-state index contributed by atoms with van der Waals surface area (Å²) in [7, 11) is 0. The van der Waals surface area contributed by atoms with E-state index in [4.69, 9.17) is 10.2 Å². The number of aliphatic hydroxyl groups excluding tert-OH is 2. The number of hydrogen-bond acceptors (Lipinski definition) is 2. The lowest BCUT2D eigenvalue weighted by molar-refractivity contribution is 0.275. The molecule has 0 radical (unpaired) electrons. The highest BCUT2D eigenvalue weighted by molar-refractivity contribution is 5.31. The minimum Gasteiger partial charge on any atom is -0.392 e. The maximum absolute atomic E-state index is 8.98. The fourth-order valence-electron chi connectivity index (χ4n) is 1.31. The molecule has 0 aliphatic rings. The molecule has 0 spiro atoms. The molecule has 0 fully saturated rings. The highest BCUT2D eigenvalue weighted by Crippen LogP contribution is 2.18. The van der Waals surface area contributed by atoms with Gasteiger partial charge in [0.15, 0.2) is 0 Å². The van der Waals surface area contributed by atoms with Gasteiger partial charge in [-0.3, -0.25) is 0 Å². The lowest BCUT2D eigenvalue weighted by Crippen LogP contribution is -1.95. The summed E-state index contributed by atoms with van der Waals surface area (Å²) in [6.45, 7) is 4.26. The van der Waals surface area contributed by atoms with Crippen molar-refractivity contribution in [1.82, 2.24) is 0 Å². The number of rotatable bonds is 3. The zero-order valence-corrected chi connectivity index (χ0v) is 8.12. The van der Waals surface area contributed by atoms with Crippen molar-refractivity contribution < 1.29 is 10.2 Å². The third kappa shape index (κ3) is 2.54. The van der Waals surface area contributed by atoms with Crippen molar-refractivity contribution in [2.24, 2.45) is 0 Å². The second-order valence-electron chi connectivity index (χ2n) is 3.55. The summed E-state index contributed by atoms with van der Waals surface area (Å²) in [5.41, 5.74) is 2.90. The quantitative estimate of drug-likeness (QED) is 0.744. The van der Waals surface area contributed by atoms with Crippen LogP contribution in [0.25, 0.3) is 0 Å². The van der Waals surface area contributed by atoms with Crippen LogP contribution in [0.2, 0.25) is 0 Å². The summed E-state index contributed by atoms with van der Waals surface area (Å²) >= 11 is 0. The molecule has 1 aromatic rings. The molecule has 1 rings (SSSR count). The summed E-state index contributed by atoms with van der Waals surface area (Å²) in [6, 6.07) is 5.78. The molecular formula is C11H16O2. The average molecular weight is 180 g/mol. The largest absolute Gasteiger partial charge is 0.392 e. The molecular weight excluding hydrogens is 164 g/mol. The van der Waals surface area contributed by atoms with Crippen LogP contribution in [-0.4, -0.2) is 10.2 Å². The molecule has 13 heavy (non-hydrogen) atoms. The van der Waals surface area contributed by atoms with Crippen LogP contribution in [-0.2, 0) is 13.2 Å². The molecule has 2 heteroatoms. The summed E-state index contributed by atoms with van der Waals surface area (Å²) in [6.07, 6.45) is 0. The number of hydrogen-bond donors (Lipinski definition) is 2. The zero-order chi connectivity index (χ0) is 9.84. The maximum atomic E-state index is 8.98. The summed E-state index contributed by atoms with van der Waals surface area (Å²) in [5.74, 6) is 0.428. The van der Waals surface area contributed by atoms with Crippen LogP contribution in [0.1, 0.15) is 36.5 Å². The predicted octanol–water partition coefficient (Wildman–Crippen LogP) is 1.79. The minimum absolute atomic E-state index is 0.0353. The monoisotopic (exact) mass is 180 g/mol. The molecule has 0 saturated carbocycles. The van der Waals surface area contributed by atoms with Crippen LogP contribution < -0.4 is 0 Å². The van der Waals surface area contributed by atoms with Crippen LogP contribution >= 0.6 is 0 Å². The maximum Gasteiger partial charge on any atom is 0.0682 e. The fourth-order valence-corrected chi connectivity index (χ4v) is 1.31. The van der Waals surface area contributed by atoms with Crippen LogP contribution in [0.15, 0.2) is 18.2 Å². The Bertz CT molecular complexity index is 257. The molecule has 0 bridgehead atoms. The molecule has 0 atom stereocenters. The van der Waals surface area contributed by atoms with E-state index in [-0.39, 0.29) is 13.2 Å². The first-order valence-electron chi connectivity index (χ1n) is 4.51. The lowest BCUT2D eigenvalue weighted by atomic mass is 9.98. The Morgan fingerprint density at radius 2 is 1.46 bits per heavy atom. The summed E-state index contributed by atoms with van der Waals surface area (Å²) in [5, 5.41) is 18.0. The molecule has 2 nitrogen and oxygen atoms in total. The van der Waals surface area contributed by atoms with Gasteiger partial charge in [-0.25, -0.2) is 0 Å². The Morgan fingerprint density at radius 1 is 1.00 bits per heavy atom. The first kappa shape index (κ1) is 10.2. The van der Waals surface area contributed by atoms with Gasteiger partial charge in [0.1, 0.15) is 0 Å². The second-order valence-corrected chi connectivity index (χ2v) is 3.55. The van der Waals surface area contributed by atoms with Gasteiger partial charge in [-0.05, 0) is 22.6 Å². The van der Waals surface area contributed by atoms with Crippen molar-refractivity contribution in [3.63, 3.8) is 0 Å². The van der Waals surface area contributed by atoms with Gasteiger partial charge in [-0.2, -0.15) is 0 Å². The van der Waals surface area contributed by atoms with Crippen LogP contribution in [0.4, 0.5) is 0 Å². The molecule has 72 valence electrons. The van der Waals surface area contributed by atoms with E-state index in [2.05, 4.69) is 13.8 Å². The van der Waals surface area contributed by atoms with E-state index in [0.29, 0.717) is 5.92 Å². The molecule has 0 heterocycles. The highest BCUT2D eigenvalue weighted by atomic mass is 16.3. The van der Waals surface area contributed by atoms with E-state index in [1.807, 2.05) is 18.2 Å². The summed E-state index contributed by atoms with van der Waals surface area (Å²) < 4.78 is 0. The predicted molar refractivity (Wildman–Crippen MR) is 52.4 cm³/mol. The molecule has 0 unspecified atom stereocenters. The standard InChI is InChI=1S/C11H16O2/c1-8(2)11-4-9(6-12)3-10(5-11)7-13/h3-5,8,12-13H,6-7H2,1-2H3. The van der Waals surface area contributed by atoms with E-state index in [1.165, 1.54) is 0 Å². The van der Waals surface area contributed by atoms with Crippen molar-refractivity contribution in [2.45, 2.75) is 33.0 Å². The Morgan fingerprint density at radius 3 is 1.77 bits per heavy atom. The second kappa shape index (κ2) is 4.40. The molecule has 0 aliphatic carbocycles. The van der Waals surface area contributed by atoms with Crippen molar-refractivity contribution >= 4 is 0 Å². The minimum atomic E-state index is 0.0353. The lowest BCUT2D eigenvalue weighted by Gasteiger charge is -2.09.